The molecule has 2 N–H and O–H groups in total. The van der Waals surface area contributed by atoms with Gasteiger partial charge in [-0.15, -0.1) is 0 Å². The molecule has 2 rings (SSSR count). The molecule has 8 heteroatoms. The summed E-state index contributed by atoms with van der Waals surface area (Å²) in [4.78, 5) is 0. The molecule has 0 amide bonds. The zero-order valence-corrected chi connectivity index (χ0v) is 13.4. The third kappa shape index (κ3) is 4.74. The Balaban J connectivity index is 2.17. The fraction of sp³-hybridized carbons (Fsp3) is 0.133. The van der Waals surface area contributed by atoms with Crippen LogP contribution >= 0.6 is 23.8 Å². The van der Waals surface area contributed by atoms with E-state index in [1.807, 2.05) is 0 Å². The Morgan fingerprint density at radius 2 is 1.87 bits per heavy atom. The standard InChI is InChI=1S/C15H12ClF3N2OS/c1-22-11-4-2-3-10(8-11)20-14(23)21-13-6-5-9(16)7-12(13)15(17,18)19/h2-8H,1H3,(H2,20,21,23). The molecular formula is C15H12ClF3N2OS. The second-order valence-corrected chi connectivity index (χ2v) is 5.34. The van der Waals surface area contributed by atoms with Crippen LogP contribution < -0.4 is 15.4 Å². The number of hydrogen-bond donors (Lipinski definition) is 2. The quantitative estimate of drug-likeness (QED) is 0.739. The molecular weight excluding hydrogens is 349 g/mol. The highest BCUT2D eigenvalue weighted by atomic mass is 35.5. The largest absolute Gasteiger partial charge is 0.497 e. The van der Waals surface area contributed by atoms with Crippen molar-refractivity contribution in [1.82, 2.24) is 0 Å². The minimum absolute atomic E-state index is 0.00505. The summed E-state index contributed by atoms with van der Waals surface area (Å²) in [6.07, 6.45) is -4.54. The Morgan fingerprint density at radius 3 is 2.52 bits per heavy atom. The van der Waals surface area contributed by atoms with Crippen LogP contribution in [0.25, 0.3) is 0 Å². The minimum atomic E-state index is -4.54. The van der Waals surface area contributed by atoms with Crippen LogP contribution in [0.4, 0.5) is 24.5 Å². The van der Waals surface area contributed by atoms with Crippen molar-refractivity contribution in [3.63, 3.8) is 0 Å². The lowest BCUT2D eigenvalue weighted by Gasteiger charge is -2.16. The van der Waals surface area contributed by atoms with E-state index >= 15 is 0 Å². The molecule has 23 heavy (non-hydrogen) atoms. The third-order valence-electron chi connectivity index (χ3n) is 2.86. The van der Waals surface area contributed by atoms with Crippen LogP contribution in [0, 0.1) is 0 Å². The topological polar surface area (TPSA) is 33.3 Å². The normalized spacial score (nSPS) is 11.0. The van der Waals surface area contributed by atoms with Gasteiger partial charge >= 0.3 is 6.18 Å². The van der Waals surface area contributed by atoms with Crippen molar-refractivity contribution in [2.24, 2.45) is 0 Å². The highest BCUT2D eigenvalue weighted by Crippen LogP contribution is 2.36. The number of thiocarbonyl (C=S) groups is 1. The molecule has 0 fully saturated rings. The Bertz CT molecular complexity index is 722. The molecule has 0 unspecified atom stereocenters. The summed E-state index contributed by atoms with van der Waals surface area (Å²) in [6, 6.07) is 10.3. The molecule has 122 valence electrons. The van der Waals surface area contributed by atoms with E-state index in [2.05, 4.69) is 10.6 Å². The average molecular weight is 361 g/mol. The van der Waals surface area contributed by atoms with Gasteiger partial charge in [0.1, 0.15) is 5.75 Å². The summed E-state index contributed by atoms with van der Waals surface area (Å²) in [5.74, 6) is 0.597. The molecule has 0 bridgehead atoms. The fourth-order valence-electron chi connectivity index (χ4n) is 1.85. The number of benzene rings is 2. The van der Waals surface area contributed by atoms with Crippen molar-refractivity contribution < 1.29 is 17.9 Å². The van der Waals surface area contributed by atoms with Gasteiger partial charge in [-0.3, -0.25) is 0 Å². The van der Waals surface area contributed by atoms with Crippen LogP contribution in [0.3, 0.4) is 0 Å². The summed E-state index contributed by atoms with van der Waals surface area (Å²) >= 11 is 10.7. The summed E-state index contributed by atoms with van der Waals surface area (Å²) in [5.41, 5.74) is -0.480. The van der Waals surface area contributed by atoms with Crippen LogP contribution in [0.2, 0.25) is 5.02 Å². The smallest absolute Gasteiger partial charge is 0.418 e. The second kappa shape index (κ2) is 7.06. The minimum Gasteiger partial charge on any atom is -0.497 e. The number of methoxy groups -OCH3 is 1. The Morgan fingerprint density at radius 1 is 1.13 bits per heavy atom. The Labute approximate surface area is 141 Å². The van der Waals surface area contributed by atoms with Crippen molar-refractivity contribution in [3.8, 4) is 5.75 Å². The van der Waals surface area contributed by atoms with Crippen molar-refractivity contribution >= 4 is 40.3 Å². The first kappa shape index (κ1) is 17.4. The molecule has 0 radical (unpaired) electrons. The van der Waals surface area contributed by atoms with Crippen LogP contribution in [-0.4, -0.2) is 12.2 Å². The summed E-state index contributed by atoms with van der Waals surface area (Å²) in [6.45, 7) is 0. The number of ether oxygens (including phenoxy) is 1. The number of anilines is 2. The van der Waals surface area contributed by atoms with E-state index in [0.29, 0.717) is 11.4 Å². The highest BCUT2D eigenvalue weighted by Gasteiger charge is 2.34. The molecule has 2 aromatic carbocycles. The maximum atomic E-state index is 13.0. The summed E-state index contributed by atoms with van der Waals surface area (Å²) in [5, 5.41) is 5.34. The Hall–Kier alpha value is -1.99. The van der Waals surface area contributed by atoms with Crippen molar-refractivity contribution in [2.75, 3.05) is 17.7 Å². The van der Waals surface area contributed by atoms with Gasteiger partial charge in [0.25, 0.3) is 0 Å². The monoisotopic (exact) mass is 360 g/mol. The van der Waals surface area contributed by atoms with Gasteiger partial charge in [-0.05, 0) is 42.5 Å². The van der Waals surface area contributed by atoms with Crippen molar-refractivity contribution in [1.29, 1.82) is 0 Å². The average Bonchev–Trinajstić information content (AvgIpc) is 2.48. The van der Waals surface area contributed by atoms with Crippen LogP contribution in [0.15, 0.2) is 42.5 Å². The molecule has 0 heterocycles. The maximum Gasteiger partial charge on any atom is 0.418 e. The molecule has 0 aliphatic rings. The van der Waals surface area contributed by atoms with Gasteiger partial charge in [-0.25, -0.2) is 0 Å². The molecule has 3 nitrogen and oxygen atoms in total. The lowest BCUT2D eigenvalue weighted by Crippen LogP contribution is -2.21. The van der Waals surface area contributed by atoms with Gasteiger partial charge in [0.2, 0.25) is 0 Å². The van der Waals surface area contributed by atoms with Gasteiger partial charge in [-0.1, -0.05) is 17.7 Å². The lowest BCUT2D eigenvalue weighted by molar-refractivity contribution is -0.136. The molecule has 0 aromatic heterocycles. The SMILES string of the molecule is COc1cccc(NC(=S)Nc2ccc(Cl)cc2C(F)(F)F)c1. The van der Waals surface area contributed by atoms with E-state index in [4.69, 9.17) is 28.6 Å². The molecule has 2 aromatic rings. The molecule has 0 spiro atoms. The zero-order chi connectivity index (χ0) is 17.0. The van der Waals surface area contributed by atoms with Crippen LogP contribution in [0.1, 0.15) is 5.56 Å². The van der Waals surface area contributed by atoms with E-state index in [1.165, 1.54) is 19.2 Å². The highest BCUT2D eigenvalue weighted by molar-refractivity contribution is 7.80. The first-order valence-corrected chi connectivity index (χ1v) is 7.17. The zero-order valence-electron chi connectivity index (χ0n) is 11.9. The predicted octanol–water partition coefficient (Wildman–Crippen LogP) is 5.18. The molecule has 0 atom stereocenters. The number of hydrogen-bond acceptors (Lipinski definition) is 2. The van der Waals surface area contributed by atoms with E-state index in [9.17, 15) is 13.2 Å². The van der Waals surface area contributed by atoms with Gasteiger partial charge in [0, 0.05) is 16.8 Å². The number of rotatable bonds is 3. The van der Waals surface area contributed by atoms with E-state index in [-0.39, 0.29) is 15.8 Å². The third-order valence-corrected chi connectivity index (χ3v) is 3.30. The van der Waals surface area contributed by atoms with Crippen molar-refractivity contribution in [2.45, 2.75) is 6.18 Å². The first-order valence-electron chi connectivity index (χ1n) is 6.38. The van der Waals surface area contributed by atoms with Gasteiger partial charge in [-0.2, -0.15) is 13.2 Å². The van der Waals surface area contributed by atoms with Crippen LogP contribution in [0.5, 0.6) is 5.75 Å². The summed E-state index contributed by atoms with van der Waals surface area (Å²) < 4.78 is 44.1. The Kier molecular flexibility index (Phi) is 5.33. The number of halogens is 4. The van der Waals surface area contributed by atoms with Crippen LogP contribution in [-0.2, 0) is 6.18 Å². The molecule has 0 saturated heterocycles. The second-order valence-electron chi connectivity index (χ2n) is 4.50. The molecule has 0 aliphatic heterocycles. The summed E-state index contributed by atoms with van der Waals surface area (Å²) in [7, 11) is 1.51. The van der Waals surface area contributed by atoms with Crippen molar-refractivity contribution in [3.05, 3.63) is 53.1 Å². The number of nitrogens with one attached hydrogen (secondary N) is 2. The molecule has 0 saturated carbocycles. The van der Waals surface area contributed by atoms with E-state index < -0.39 is 11.7 Å². The molecule has 0 aliphatic carbocycles. The fourth-order valence-corrected chi connectivity index (χ4v) is 2.25. The first-order chi connectivity index (χ1) is 10.8. The number of alkyl halides is 3. The van der Waals surface area contributed by atoms with E-state index in [1.54, 1.807) is 24.3 Å². The van der Waals surface area contributed by atoms with E-state index in [0.717, 1.165) is 6.07 Å². The predicted molar refractivity (Wildman–Crippen MR) is 89.3 cm³/mol. The van der Waals surface area contributed by atoms with Gasteiger partial charge in [0.05, 0.1) is 18.4 Å². The van der Waals surface area contributed by atoms with Gasteiger partial charge < -0.3 is 15.4 Å². The van der Waals surface area contributed by atoms with Gasteiger partial charge in [0.15, 0.2) is 5.11 Å². The lowest BCUT2D eigenvalue weighted by atomic mass is 10.1. The maximum absolute atomic E-state index is 13.0.